The lowest BCUT2D eigenvalue weighted by Crippen LogP contribution is -2.58. The van der Waals surface area contributed by atoms with Crippen LogP contribution in [0.1, 0.15) is 35.3 Å². The van der Waals surface area contributed by atoms with Crippen molar-refractivity contribution in [3.05, 3.63) is 33.5 Å². The number of pyridine rings is 1. The fourth-order valence-electron chi connectivity index (χ4n) is 5.75. The van der Waals surface area contributed by atoms with Gasteiger partial charge in [0.05, 0.1) is 36.7 Å². The largest absolute Gasteiger partial charge is 0.393 e. The van der Waals surface area contributed by atoms with Crippen LogP contribution in [0.15, 0.2) is 10.9 Å². The summed E-state index contributed by atoms with van der Waals surface area (Å²) in [6.07, 6.45) is -4.72. The number of hydrogen-bond acceptors (Lipinski definition) is 6. The summed E-state index contributed by atoms with van der Waals surface area (Å²) >= 11 is 0. The van der Waals surface area contributed by atoms with Gasteiger partial charge in [0.15, 0.2) is 0 Å². The zero-order valence-corrected chi connectivity index (χ0v) is 20.3. The molecule has 3 heterocycles. The van der Waals surface area contributed by atoms with Gasteiger partial charge in [-0.25, -0.2) is 4.39 Å². The number of nitrogens with one attached hydrogen (secondary N) is 2. The van der Waals surface area contributed by atoms with E-state index in [4.69, 9.17) is 4.74 Å². The van der Waals surface area contributed by atoms with Crippen molar-refractivity contribution >= 4 is 11.8 Å². The molecule has 2 saturated heterocycles. The number of rotatable bonds is 4. The van der Waals surface area contributed by atoms with Crippen molar-refractivity contribution in [2.24, 2.45) is 17.8 Å². The van der Waals surface area contributed by atoms with E-state index >= 15 is 0 Å². The number of hydrogen-bond donors (Lipinski definition) is 2. The Bertz CT molecular complexity index is 1130. The van der Waals surface area contributed by atoms with Crippen molar-refractivity contribution in [1.29, 1.82) is 5.26 Å². The standard InChI is InChI=1S/C24H29F4N5O4/c1-13-8-16(19(25)22(35)30-13)21(34)31-15-2-3-33(12-15)20-17(23(36)32-4-6-37-7-5-32)9-14(11-29)10-18(20)24(26,27)28/h8,14-15,17-18,20H,2-7,9-10,12H2,1H3,(H,30,35)(H,31,34)/t14?,15-,17?,18?,20?/m1/s1. The molecule has 4 rings (SSSR count). The van der Waals surface area contributed by atoms with Gasteiger partial charge >= 0.3 is 6.18 Å². The number of H-pyrrole nitrogens is 1. The van der Waals surface area contributed by atoms with E-state index in [0.717, 1.165) is 0 Å². The molecule has 4 unspecified atom stereocenters. The quantitative estimate of drug-likeness (QED) is 0.575. The van der Waals surface area contributed by atoms with Crippen LogP contribution in [0, 0.1) is 41.8 Å². The van der Waals surface area contributed by atoms with Crippen molar-refractivity contribution < 1.29 is 31.9 Å². The van der Waals surface area contributed by atoms with Crippen molar-refractivity contribution in [2.75, 3.05) is 39.4 Å². The van der Waals surface area contributed by atoms with Crippen molar-refractivity contribution in [2.45, 2.75) is 44.4 Å². The van der Waals surface area contributed by atoms with Crippen LogP contribution in [0.5, 0.6) is 0 Å². The fourth-order valence-corrected chi connectivity index (χ4v) is 5.75. The second-order valence-corrected chi connectivity index (χ2v) is 9.94. The number of halogens is 4. The number of nitriles is 1. The van der Waals surface area contributed by atoms with Gasteiger partial charge < -0.3 is 19.9 Å². The second kappa shape index (κ2) is 10.8. The maximum Gasteiger partial charge on any atom is 0.393 e. The van der Waals surface area contributed by atoms with E-state index in [9.17, 15) is 37.2 Å². The lowest BCUT2D eigenvalue weighted by atomic mass is 9.70. The van der Waals surface area contributed by atoms with E-state index in [1.165, 1.54) is 17.9 Å². The van der Waals surface area contributed by atoms with Crippen LogP contribution in [0.4, 0.5) is 17.6 Å². The Kier molecular flexibility index (Phi) is 7.89. The molecule has 202 valence electrons. The highest BCUT2D eigenvalue weighted by Gasteiger charge is 2.56. The minimum atomic E-state index is -4.63. The molecule has 2 N–H and O–H groups in total. The smallest absolute Gasteiger partial charge is 0.378 e. The Balaban J connectivity index is 1.56. The third-order valence-electron chi connectivity index (χ3n) is 7.47. The first-order valence-electron chi connectivity index (χ1n) is 12.3. The van der Waals surface area contributed by atoms with Gasteiger partial charge in [-0.3, -0.25) is 19.3 Å². The van der Waals surface area contributed by atoms with Crippen molar-refractivity contribution in [1.82, 2.24) is 20.1 Å². The van der Waals surface area contributed by atoms with Crippen LogP contribution in [0.3, 0.4) is 0 Å². The molecule has 1 aromatic heterocycles. The monoisotopic (exact) mass is 527 g/mol. The number of morpholine rings is 1. The lowest BCUT2D eigenvalue weighted by Gasteiger charge is -2.46. The number of likely N-dealkylation sites (tertiary alicyclic amines) is 1. The molecular formula is C24H29F4N5O4. The normalized spacial score (nSPS) is 29.1. The van der Waals surface area contributed by atoms with Gasteiger partial charge in [0.25, 0.3) is 11.5 Å². The van der Waals surface area contributed by atoms with Crippen LogP contribution in [-0.4, -0.2) is 84.3 Å². The molecule has 2 aliphatic heterocycles. The third-order valence-corrected chi connectivity index (χ3v) is 7.47. The molecule has 1 aromatic rings. The summed E-state index contributed by atoms with van der Waals surface area (Å²) in [4.78, 5) is 43.1. The average Bonchev–Trinajstić information content (AvgIpc) is 3.32. The summed E-state index contributed by atoms with van der Waals surface area (Å²) in [7, 11) is 0. The van der Waals surface area contributed by atoms with Gasteiger partial charge in [-0.15, -0.1) is 0 Å². The minimum Gasteiger partial charge on any atom is -0.378 e. The highest BCUT2D eigenvalue weighted by molar-refractivity contribution is 5.94. The summed E-state index contributed by atoms with van der Waals surface area (Å²) in [5.74, 6) is -6.32. The Morgan fingerprint density at radius 2 is 1.92 bits per heavy atom. The highest BCUT2D eigenvalue weighted by Crippen LogP contribution is 2.46. The van der Waals surface area contributed by atoms with Gasteiger partial charge in [0.1, 0.15) is 0 Å². The maximum absolute atomic E-state index is 14.3. The van der Waals surface area contributed by atoms with Crippen LogP contribution >= 0.6 is 0 Å². The van der Waals surface area contributed by atoms with Crippen LogP contribution in [0.2, 0.25) is 0 Å². The molecule has 3 aliphatic rings. The number of aromatic amines is 1. The summed E-state index contributed by atoms with van der Waals surface area (Å²) in [6.45, 7) is 2.84. The number of carbonyl (C=O) groups is 2. The van der Waals surface area contributed by atoms with Crippen LogP contribution < -0.4 is 10.9 Å². The van der Waals surface area contributed by atoms with E-state index in [0.29, 0.717) is 13.2 Å². The first-order valence-corrected chi connectivity index (χ1v) is 12.3. The first-order chi connectivity index (χ1) is 17.5. The van der Waals surface area contributed by atoms with E-state index in [1.807, 2.05) is 6.07 Å². The number of amides is 2. The number of aryl methyl sites for hydroxylation is 1. The maximum atomic E-state index is 14.3. The van der Waals surface area contributed by atoms with Gasteiger partial charge in [-0.1, -0.05) is 0 Å². The zero-order chi connectivity index (χ0) is 26.9. The molecule has 1 saturated carbocycles. The summed E-state index contributed by atoms with van der Waals surface area (Å²) in [6, 6.07) is 1.33. The summed E-state index contributed by atoms with van der Waals surface area (Å²) in [5.41, 5.74) is -1.19. The van der Waals surface area contributed by atoms with E-state index in [2.05, 4.69) is 10.3 Å². The minimum absolute atomic E-state index is 0.0226. The van der Waals surface area contributed by atoms with E-state index in [1.54, 1.807) is 4.90 Å². The number of nitrogens with zero attached hydrogens (tertiary/aromatic N) is 3. The molecule has 0 aromatic carbocycles. The second-order valence-electron chi connectivity index (χ2n) is 9.94. The molecule has 0 radical (unpaired) electrons. The lowest BCUT2D eigenvalue weighted by molar-refractivity contribution is -0.209. The Morgan fingerprint density at radius 1 is 1.22 bits per heavy atom. The Morgan fingerprint density at radius 3 is 2.57 bits per heavy atom. The summed E-state index contributed by atoms with van der Waals surface area (Å²) in [5, 5.41) is 12.1. The SMILES string of the molecule is Cc1cc(C(=O)N[C@@H]2CCN(C3C(C(=O)N4CCOCC4)CC(C#N)CC3C(F)(F)F)C2)c(F)c(=O)[nH]1. The molecule has 1 aliphatic carbocycles. The Hall–Kier alpha value is -2.98. The van der Waals surface area contributed by atoms with E-state index < -0.39 is 71.2 Å². The van der Waals surface area contributed by atoms with Gasteiger partial charge in [0, 0.05) is 49.9 Å². The zero-order valence-electron chi connectivity index (χ0n) is 20.3. The molecule has 3 fully saturated rings. The average molecular weight is 528 g/mol. The van der Waals surface area contributed by atoms with Gasteiger partial charge in [-0.05, 0) is 32.3 Å². The fraction of sp³-hybridized carbons (Fsp3) is 0.667. The molecule has 2 amide bonds. The number of alkyl halides is 3. The van der Waals surface area contributed by atoms with E-state index in [-0.39, 0.29) is 44.7 Å². The predicted octanol–water partition coefficient (Wildman–Crippen LogP) is 1.58. The predicted molar refractivity (Wildman–Crippen MR) is 122 cm³/mol. The molecule has 13 heteroatoms. The van der Waals surface area contributed by atoms with Crippen LogP contribution in [0.25, 0.3) is 0 Å². The molecule has 0 spiro atoms. The van der Waals surface area contributed by atoms with Crippen molar-refractivity contribution in [3.8, 4) is 6.07 Å². The number of carbonyl (C=O) groups excluding carboxylic acids is 2. The number of ether oxygens (including phenoxy) is 1. The van der Waals surface area contributed by atoms with Gasteiger partial charge in [0.2, 0.25) is 11.7 Å². The van der Waals surface area contributed by atoms with Crippen molar-refractivity contribution in [3.63, 3.8) is 0 Å². The molecule has 0 bridgehead atoms. The molecule has 5 atom stereocenters. The highest BCUT2D eigenvalue weighted by atomic mass is 19.4. The van der Waals surface area contributed by atoms with Crippen LogP contribution in [-0.2, 0) is 9.53 Å². The molecule has 9 nitrogen and oxygen atoms in total. The third kappa shape index (κ3) is 5.80. The topological polar surface area (TPSA) is 119 Å². The summed E-state index contributed by atoms with van der Waals surface area (Å²) < 4.78 is 62.3. The van der Waals surface area contributed by atoms with Gasteiger partial charge in [-0.2, -0.15) is 18.4 Å². The number of aromatic nitrogens is 1. The molecule has 37 heavy (non-hydrogen) atoms. The first kappa shape index (κ1) is 27.1. The molecular weight excluding hydrogens is 498 g/mol. The Labute approximate surface area is 210 Å².